The summed E-state index contributed by atoms with van der Waals surface area (Å²) in [5, 5.41) is 5.18. The summed E-state index contributed by atoms with van der Waals surface area (Å²) in [5.74, 6) is 1.27. The van der Waals surface area contributed by atoms with Crippen LogP contribution in [0.1, 0.15) is 5.56 Å². The largest absolute Gasteiger partial charge is 0.435 e. The van der Waals surface area contributed by atoms with Crippen LogP contribution < -0.4 is 10.5 Å². The van der Waals surface area contributed by atoms with Gasteiger partial charge < -0.3 is 10.5 Å². The summed E-state index contributed by atoms with van der Waals surface area (Å²) >= 11 is 0. The van der Waals surface area contributed by atoms with Crippen molar-refractivity contribution in [1.82, 2.24) is 14.8 Å². The average molecular weight is 268 g/mol. The first-order valence-corrected chi connectivity index (χ1v) is 6.51. The summed E-state index contributed by atoms with van der Waals surface area (Å²) in [5.41, 5.74) is 7.59. The summed E-state index contributed by atoms with van der Waals surface area (Å²) in [4.78, 5) is 4.58. The first-order valence-electron chi connectivity index (χ1n) is 6.51. The minimum atomic E-state index is 0.559. The van der Waals surface area contributed by atoms with E-state index >= 15 is 0 Å². The Kier molecular flexibility index (Phi) is 3.35. The zero-order valence-electron chi connectivity index (χ0n) is 11.3. The second-order valence-electron chi connectivity index (χ2n) is 4.64. The molecule has 0 aliphatic heterocycles. The van der Waals surface area contributed by atoms with Gasteiger partial charge in [-0.1, -0.05) is 18.2 Å². The van der Waals surface area contributed by atoms with E-state index in [1.54, 1.807) is 10.9 Å². The van der Waals surface area contributed by atoms with E-state index in [4.69, 9.17) is 10.5 Å². The smallest absolute Gasteiger partial charge is 0.223 e. The van der Waals surface area contributed by atoms with Crippen LogP contribution in [-0.4, -0.2) is 21.3 Å². The van der Waals surface area contributed by atoms with Crippen LogP contribution in [0.3, 0.4) is 0 Å². The lowest BCUT2D eigenvalue weighted by atomic mass is 10.1. The number of nitrogens with zero attached hydrogens (tertiary/aromatic N) is 3. The van der Waals surface area contributed by atoms with Crippen molar-refractivity contribution in [1.29, 1.82) is 0 Å². The number of hydrogen-bond acceptors (Lipinski definition) is 4. The molecule has 0 bridgehead atoms. The van der Waals surface area contributed by atoms with E-state index in [1.807, 2.05) is 37.5 Å². The fraction of sp³-hybridized carbons (Fsp3) is 0.200. The third kappa shape index (κ3) is 2.48. The topological polar surface area (TPSA) is 66.0 Å². The maximum absolute atomic E-state index is 5.84. The molecule has 5 nitrogen and oxygen atoms in total. The van der Waals surface area contributed by atoms with Crippen LogP contribution in [0.25, 0.3) is 10.9 Å². The van der Waals surface area contributed by atoms with Gasteiger partial charge in [0.2, 0.25) is 5.88 Å². The molecule has 2 N–H and O–H groups in total. The number of pyridine rings is 1. The molecule has 1 aromatic carbocycles. The summed E-state index contributed by atoms with van der Waals surface area (Å²) in [7, 11) is 1.85. The van der Waals surface area contributed by atoms with Crippen LogP contribution in [0, 0.1) is 0 Å². The first kappa shape index (κ1) is 12.6. The molecule has 0 aliphatic rings. The van der Waals surface area contributed by atoms with E-state index in [0.717, 1.165) is 22.9 Å². The highest BCUT2D eigenvalue weighted by atomic mass is 16.5. The monoisotopic (exact) mass is 268 g/mol. The van der Waals surface area contributed by atoms with Gasteiger partial charge in [-0.05, 0) is 25.1 Å². The van der Waals surface area contributed by atoms with Gasteiger partial charge >= 0.3 is 0 Å². The molecular weight excluding hydrogens is 252 g/mol. The van der Waals surface area contributed by atoms with E-state index < -0.39 is 0 Å². The Morgan fingerprint density at radius 2 is 2.15 bits per heavy atom. The SMILES string of the molecule is Cn1cc(Oc2nc3ccccc3cc2CCN)cn1. The van der Waals surface area contributed by atoms with Gasteiger partial charge in [0.1, 0.15) is 0 Å². The number of nitrogens with two attached hydrogens (primary N) is 1. The van der Waals surface area contributed by atoms with Gasteiger partial charge in [0.25, 0.3) is 0 Å². The summed E-state index contributed by atoms with van der Waals surface area (Å²) in [6.07, 6.45) is 4.21. The second kappa shape index (κ2) is 5.30. The molecule has 5 heteroatoms. The quantitative estimate of drug-likeness (QED) is 0.788. The second-order valence-corrected chi connectivity index (χ2v) is 4.64. The number of hydrogen-bond donors (Lipinski definition) is 1. The molecule has 3 rings (SSSR count). The predicted octanol–water partition coefficient (Wildman–Crippen LogP) is 2.26. The van der Waals surface area contributed by atoms with Gasteiger partial charge in [-0.15, -0.1) is 0 Å². The van der Waals surface area contributed by atoms with E-state index in [1.165, 1.54) is 0 Å². The van der Waals surface area contributed by atoms with Crippen molar-refractivity contribution >= 4 is 10.9 Å². The van der Waals surface area contributed by atoms with Gasteiger partial charge in [0.05, 0.1) is 17.9 Å². The molecule has 0 amide bonds. The molecule has 0 unspecified atom stereocenters. The maximum Gasteiger partial charge on any atom is 0.223 e. The number of rotatable bonds is 4. The van der Waals surface area contributed by atoms with Crippen LogP contribution in [0.5, 0.6) is 11.6 Å². The normalized spacial score (nSPS) is 10.9. The van der Waals surface area contributed by atoms with Crippen molar-refractivity contribution in [3.63, 3.8) is 0 Å². The van der Waals surface area contributed by atoms with Crippen molar-refractivity contribution in [2.24, 2.45) is 12.8 Å². The lowest BCUT2D eigenvalue weighted by molar-refractivity contribution is 0.458. The molecule has 3 aromatic rings. The Morgan fingerprint density at radius 3 is 2.90 bits per heavy atom. The first-order chi connectivity index (χ1) is 9.76. The van der Waals surface area contributed by atoms with Crippen LogP contribution in [0.15, 0.2) is 42.7 Å². The number of ether oxygens (including phenoxy) is 1. The van der Waals surface area contributed by atoms with Crippen LogP contribution in [0.4, 0.5) is 0 Å². The Balaban J connectivity index is 2.04. The van der Waals surface area contributed by atoms with Crippen molar-refractivity contribution in [2.45, 2.75) is 6.42 Å². The molecular formula is C15H16N4O. The average Bonchev–Trinajstić information content (AvgIpc) is 2.85. The number of benzene rings is 1. The highest BCUT2D eigenvalue weighted by molar-refractivity contribution is 5.80. The van der Waals surface area contributed by atoms with Gasteiger partial charge in [-0.25, -0.2) is 4.98 Å². The molecule has 0 aliphatic carbocycles. The standard InChI is InChI=1S/C15H16N4O/c1-19-10-13(9-17-19)20-15-12(6-7-16)8-11-4-2-3-5-14(11)18-15/h2-5,8-10H,6-7,16H2,1H3. The van der Waals surface area contributed by atoms with Crippen LogP contribution >= 0.6 is 0 Å². The molecule has 2 aromatic heterocycles. The Bertz CT molecular complexity index is 736. The highest BCUT2D eigenvalue weighted by Gasteiger charge is 2.09. The summed E-state index contributed by atoms with van der Waals surface area (Å²) in [6, 6.07) is 10.1. The number of aryl methyl sites for hydroxylation is 1. The van der Waals surface area contributed by atoms with Crippen molar-refractivity contribution < 1.29 is 4.74 Å². The molecule has 2 heterocycles. The zero-order chi connectivity index (χ0) is 13.9. The number of aromatic nitrogens is 3. The molecule has 0 fully saturated rings. The Morgan fingerprint density at radius 1 is 1.30 bits per heavy atom. The van der Waals surface area contributed by atoms with Crippen LogP contribution in [0.2, 0.25) is 0 Å². The minimum Gasteiger partial charge on any atom is -0.435 e. The third-order valence-corrected chi connectivity index (χ3v) is 3.07. The fourth-order valence-electron chi connectivity index (χ4n) is 2.13. The minimum absolute atomic E-state index is 0.559. The van der Waals surface area contributed by atoms with E-state index in [0.29, 0.717) is 18.2 Å². The van der Waals surface area contributed by atoms with Gasteiger partial charge in [0.15, 0.2) is 5.75 Å². The fourth-order valence-corrected chi connectivity index (χ4v) is 2.13. The van der Waals surface area contributed by atoms with Gasteiger partial charge in [0, 0.05) is 18.0 Å². The molecule has 0 saturated heterocycles. The number of fused-ring (bicyclic) bond motifs is 1. The maximum atomic E-state index is 5.84. The zero-order valence-corrected chi connectivity index (χ0v) is 11.3. The van der Waals surface area contributed by atoms with Gasteiger partial charge in [-0.3, -0.25) is 4.68 Å². The molecule has 102 valence electrons. The van der Waals surface area contributed by atoms with E-state index in [9.17, 15) is 0 Å². The molecule has 0 saturated carbocycles. The molecule has 0 radical (unpaired) electrons. The third-order valence-electron chi connectivity index (χ3n) is 3.07. The molecule has 0 atom stereocenters. The Labute approximate surface area is 117 Å². The highest BCUT2D eigenvalue weighted by Crippen LogP contribution is 2.26. The van der Waals surface area contributed by atoms with Crippen molar-refractivity contribution in [2.75, 3.05) is 6.54 Å². The molecule has 0 spiro atoms. The summed E-state index contributed by atoms with van der Waals surface area (Å²) < 4.78 is 7.53. The van der Waals surface area contributed by atoms with Crippen molar-refractivity contribution in [3.8, 4) is 11.6 Å². The lowest BCUT2D eigenvalue weighted by Crippen LogP contribution is -2.05. The van der Waals surface area contributed by atoms with E-state index in [-0.39, 0.29) is 0 Å². The molecule has 20 heavy (non-hydrogen) atoms. The van der Waals surface area contributed by atoms with Crippen LogP contribution in [-0.2, 0) is 13.5 Å². The summed E-state index contributed by atoms with van der Waals surface area (Å²) in [6.45, 7) is 0.559. The predicted molar refractivity (Wildman–Crippen MR) is 77.8 cm³/mol. The van der Waals surface area contributed by atoms with E-state index in [2.05, 4.69) is 16.1 Å². The van der Waals surface area contributed by atoms with Gasteiger partial charge in [-0.2, -0.15) is 5.10 Å². The lowest BCUT2D eigenvalue weighted by Gasteiger charge is -2.09. The Hall–Kier alpha value is -2.40. The van der Waals surface area contributed by atoms with Crippen molar-refractivity contribution in [3.05, 3.63) is 48.3 Å². The number of para-hydroxylation sites is 1.